The summed E-state index contributed by atoms with van der Waals surface area (Å²) in [5.41, 5.74) is 0.885. The van der Waals surface area contributed by atoms with Crippen LogP contribution in [0.25, 0.3) is 0 Å². The zero-order chi connectivity index (χ0) is 14.0. The number of hydrogen-bond donors (Lipinski definition) is 3. The number of carbonyl (C=O) groups is 1. The largest absolute Gasteiger partial charge is 0.393 e. The van der Waals surface area contributed by atoms with Crippen molar-refractivity contribution in [2.45, 2.75) is 64.2 Å². The van der Waals surface area contributed by atoms with Crippen molar-refractivity contribution in [2.24, 2.45) is 11.3 Å². The Morgan fingerprint density at radius 2 is 2.05 bits per heavy atom. The SMILES string of the molecule is CC1=C2C[C@@H]3[C@@](C)(C[C@@H]2NC1=O)[C@H](O)CC[C@@]3(C)O. The number of rotatable bonds is 0. The van der Waals surface area contributed by atoms with Gasteiger partial charge in [-0.1, -0.05) is 6.92 Å². The fourth-order valence-electron chi connectivity index (χ4n) is 4.50. The van der Waals surface area contributed by atoms with Crippen LogP contribution >= 0.6 is 0 Å². The summed E-state index contributed by atoms with van der Waals surface area (Å²) in [5.74, 6) is 0.0361. The number of aliphatic hydroxyl groups is 2. The van der Waals surface area contributed by atoms with Crippen LogP contribution in [0.4, 0.5) is 0 Å². The van der Waals surface area contributed by atoms with Gasteiger partial charge in [0.15, 0.2) is 0 Å². The Hall–Kier alpha value is -0.870. The lowest BCUT2D eigenvalue weighted by molar-refractivity contribution is -0.161. The molecule has 5 atom stereocenters. The van der Waals surface area contributed by atoms with Crippen molar-refractivity contribution in [3.8, 4) is 0 Å². The summed E-state index contributed by atoms with van der Waals surface area (Å²) in [6, 6.07) is 0.0531. The molecule has 1 aliphatic heterocycles. The highest BCUT2D eigenvalue weighted by Gasteiger charge is 2.57. The van der Waals surface area contributed by atoms with Crippen LogP contribution in [-0.4, -0.2) is 33.9 Å². The number of nitrogens with one attached hydrogen (secondary N) is 1. The quantitative estimate of drug-likeness (QED) is 0.615. The molecule has 0 radical (unpaired) electrons. The Morgan fingerprint density at radius 3 is 2.74 bits per heavy atom. The van der Waals surface area contributed by atoms with Crippen LogP contribution in [0.3, 0.4) is 0 Å². The molecular weight excluding hydrogens is 242 g/mol. The molecule has 2 aliphatic carbocycles. The molecule has 4 nitrogen and oxygen atoms in total. The van der Waals surface area contributed by atoms with E-state index in [0.717, 1.165) is 24.0 Å². The fourth-order valence-corrected chi connectivity index (χ4v) is 4.50. The monoisotopic (exact) mass is 265 g/mol. The third-order valence-corrected chi connectivity index (χ3v) is 5.85. The molecule has 4 heteroatoms. The van der Waals surface area contributed by atoms with Gasteiger partial charge in [-0.2, -0.15) is 0 Å². The first-order valence-electron chi connectivity index (χ1n) is 7.16. The van der Waals surface area contributed by atoms with Gasteiger partial charge in [-0.15, -0.1) is 0 Å². The van der Waals surface area contributed by atoms with Crippen LogP contribution in [0.5, 0.6) is 0 Å². The van der Waals surface area contributed by atoms with Crippen molar-refractivity contribution in [2.75, 3.05) is 0 Å². The van der Waals surface area contributed by atoms with E-state index in [0.29, 0.717) is 12.8 Å². The van der Waals surface area contributed by atoms with E-state index < -0.39 is 11.7 Å². The molecule has 0 bridgehead atoms. The minimum absolute atomic E-state index is 0.0105. The van der Waals surface area contributed by atoms with Crippen molar-refractivity contribution in [1.29, 1.82) is 0 Å². The molecule has 2 saturated carbocycles. The van der Waals surface area contributed by atoms with Gasteiger partial charge in [0.1, 0.15) is 0 Å². The second-order valence-corrected chi connectivity index (χ2v) is 7.05. The smallest absolute Gasteiger partial charge is 0.247 e. The van der Waals surface area contributed by atoms with Crippen LogP contribution in [0.2, 0.25) is 0 Å². The Labute approximate surface area is 113 Å². The predicted octanol–water partition coefficient (Wildman–Crippen LogP) is 1.12. The average molecular weight is 265 g/mol. The lowest BCUT2D eigenvalue weighted by atomic mass is 9.52. The molecule has 0 unspecified atom stereocenters. The molecule has 2 fully saturated rings. The summed E-state index contributed by atoms with van der Waals surface area (Å²) in [5, 5.41) is 24.1. The molecule has 1 heterocycles. The summed E-state index contributed by atoms with van der Waals surface area (Å²) in [6.07, 6.45) is 2.33. The van der Waals surface area contributed by atoms with Crippen LogP contribution in [0.15, 0.2) is 11.1 Å². The number of aliphatic hydroxyl groups excluding tert-OH is 1. The second kappa shape index (κ2) is 3.83. The molecule has 3 rings (SSSR count). The Balaban J connectivity index is 2.02. The fraction of sp³-hybridized carbons (Fsp3) is 0.800. The van der Waals surface area contributed by atoms with Gasteiger partial charge in [-0.25, -0.2) is 0 Å². The third kappa shape index (κ3) is 1.69. The number of amides is 1. The Bertz CT molecular complexity index is 468. The van der Waals surface area contributed by atoms with Gasteiger partial charge >= 0.3 is 0 Å². The van der Waals surface area contributed by atoms with Crippen LogP contribution in [-0.2, 0) is 4.79 Å². The van der Waals surface area contributed by atoms with Crippen molar-refractivity contribution in [3.63, 3.8) is 0 Å². The third-order valence-electron chi connectivity index (χ3n) is 5.85. The van der Waals surface area contributed by atoms with E-state index in [1.54, 1.807) is 0 Å². The van der Waals surface area contributed by atoms with Gasteiger partial charge in [0, 0.05) is 11.0 Å². The second-order valence-electron chi connectivity index (χ2n) is 7.05. The highest BCUT2D eigenvalue weighted by molar-refractivity contribution is 5.97. The topological polar surface area (TPSA) is 69.6 Å². The maximum absolute atomic E-state index is 11.8. The maximum Gasteiger partial charge on any atom is 0.247 e. The average Bonchev–Trinajstić information content (AvgIpc) is 2.59. The first-order chi connectivity index (χ1) is 8.75. The van der Waals surface area contributed by atoms with E-state index in [2.05, 4.69) is 12.2 Å². The van der Waals surface area contributed by atoms with Crippen LogP contribution in [0.1, 0.15) is 46.5 Å². The highest BCUT2D eigenvalue weighted by Crippen LogP contribution is 2.56. The van der Waals surface area contributed by atoms with Gasteiger partial charge < -0.3 is 15.5 Å². The molecule has 3 N–H and O–H groups in total. The van der Waals surface area contributed by atoms with Crippen LogP contribution < -0.4 is 5.32 Å². The molecule has 1 amide bonds. The molecule has 0 aromatic carbocycles. The van der Waals surface area contributed by atoms with E-state index in [-0.39, 0.29) is 23.3 Å². The van der Waals surface area contributed by atoms with Gasteiger partial charge in [-0.3, -0.25) is 4.79 Å². The molecule has 0 saturated heterocycles. The number of carbonyl (C=O) groups excluding carboxylic acids is 1. The summed E-state index contributed by atoms with van der Waals surface area (Å²) in [6.45, 7) is 5.80. The van der Waals surface area contributed by atoms with Gasteiger partial charge in [-0.05, 0) is 51.0 Å². The minimum atomic E-state index is -0.752. The Kier molecular flexibility index (Phi) is 2.64. The molecule has 0 aromatic rings. The predicted molar refractivity (Wildman–Crippen MR) is 71.3 cm³/mol. The van der Waals surface area contributed by atoms with Crippen molar-refractivity contribution in [3.05, 3.63) is 11.1 Å². The van der Waals surface area contributed by atoms with E-state index in [1.807, 2.05) is 13.8 Å². The van der Waals surface area contributed by atoms with E-state index in [9.17, 15) is 15.0 Å². The minimum Gasteiger partial charge on any atom is -0.393 e. The zero-order valence-corrected chi connectivity index (χ0v) is 11.9. The zero-order valence-electron chi connectivity index (χ0n) is 11.9. The maximum atomic E-state index is 11.8. The molecule has 3 aliphatic rings. The summed E-state index contributed by atoms with van der Waals surface area (Å²) < 4.78 is 0. The normalized spacial score (nSPS) is 49.7. The van der Waals surface area contributed by atoms with E-state index in [4.69, 9.17) is 0 Å². The van der Waals surface area contributed by atoms with Gasteiger partial charge in [0.05, 0.1) is 17.7 Å². The molecule has 0 aromatic heterocycles. The molecule has 0 spiro atoms. The Morgan fingerprint density at radius 1 is 1.37 bits per heavy atom. The first kappa shape index (κ1) is 13.1. The molecule has 19 heavy (non-hydrogen) atoms. The van der Waals surface area contributed by atoms with Gasteiger partial charge in [0.2, 0.25) is 5.91 Å². The summed E-state index contributed by atoms with van der Waals surface area (Å²) in [4.78, 5) is 11.8. The lowest BCUT2D eigenvalue weighted by Gasteiger charge is -2.56. The summed E-state index contributed by atoms with van der Waals surface area (Å²) >= 11 is 0. The van der Waals surface area contributed by atoms with Crippen molar-refractivity contribution < 1.29 is 15.0 Å². The molecular formula is C15H23NO3. The highest BCUT2D eigenvalue weighted by atomic mass is 16.3. The van der Waals surface area contributed by atoms with Crippen LogP contribution in [0, 0.1) is 11.3 Å². The van der Waals surface area contributed by atoms with E-state index in [1.165, 1.54) is 0 Å². The molecule has 106 valence electrons. The number of hydrogen-bond acceptors (Lipinski definition) is 3. The van der Waals surface area contributed by atoms with E-state index >= 15 is 0 Å². The number of fused-ring (bicyclic) bond motifs is 2. The van der Waals surface area contributed by atoms with Gasteiger partial charge in [0.25, 0.3) is 0 Å². The summed E-state index contributed by atoms with van der Waals surface area (Å²) in [7, 11) is 0. The van der Waals surface area contributed by atoms with Crippen molar-refractivity contribution in [1.82, 2.24) is 5.32 Å². The van der Waals surface area contributed by atoms with Crippen molar-refractivity contribution >= 4 is 5.91 Å². The first-order valence-corrected chi connectivity index (χ1v) is 7.16. The lowest BCUT2D eigenvalue weighted by Crippen LogP contribution is -2.59. The standard InChI is InChI=1S/C15H23NO3/c1-8-9-6-11-14(2,7-10(9)16-13(8)18)12(17)4-5-15(11,3)19/h10-12,17,19H,4-7H2,1-3H3,(H,16,18)/t10-,11+,12+,14+,15+/m0/s1.